The molecule has 0 radical (unpaired) electrons. The Hall–Kier alpha value is -2.67. The first-order valence-electron chi connectivity index (χ1n) is 8.32. The highest BCUT2D eigenvalue weighted by molar-refractivity contribution is 5.84. The molecule has 4 nitrogen and oxygen atoms in total. The fraction of sp³-hybridized carbons (Fsp3) is 0.263. The molecule has 4 rings (SSSR count). The van der Waals surface area contributed by atoms with Gasteiger partial charge in [0.15, 0.2) is 5.82 Å². The average molecular weight is 359 g/mol. The third-order valence-electron chi connectivity index (χ3n) is 4.61. The van der Waals surface area contributed by atoms with Gasteiger partial charge in [0.1, 0.15) is 17.7 Å². The monoisotopic (exact) mass is 359 g/mol. The molecule has 1 saturated carbocycles. The van der Waals surface area contributed by atoms with Crippen LogP contribution in [0.15, 0.2) is 42.9 Å². The predicted molar refractivity (Wildman–Crippen MR) is 90.1 cm³/mol. The maximum absolute atomic E-state index is 14.2. The largest absolute Gasteiger partial charge is 0.489 e. The minimum absolute atomic E-state index is 0.0966. The van der Waals surface area contributed by atoms with E-state index in [9.17, 15) is 13.2 Å². The number of hydrogen-bond acceptors (Lipinski definition) is 4. The van der Waals surface area contributed by atoms with Crippen molar-refractivity contribution in [3.8, 4) is 5.75 Å². The van der Waals surface area contributed by atoms with E-state index in [-0.39, 0.29) is 23.7 Å². The van der Waals surface area contributed by atoms with E-state index < -0.39 is 11.8 Å². The minimum atomic E-state index is -1.14. The van der Waals surface area contributed by atoms with Gasteiger partial charge >= 0.3 is 0 Å². The summed E-state index contributed by atoms with van der Waals surface area (Å²) in [6, 6.07) is 6.13. The molecule has 0 bridgehead atoms. The van der Waals surface area contributed by atoms with E-state index in [2.05, 4.69) is 15.3 Å². The van der Waals surface area contributed by atoms with E-state index >= 15 is 0 Å². The van der Waals surface area contributed by atoms with Gasteiger partial charge in [-0.1, -0.05) is 0 Å². The minimum Gasteiger partial charge on any atom is -0.489 e. The van der Waals surface area contributed by atoms with E-state index in [0.717, 1.165) is 16.8 Å². The summed E-state index contributed by atoms with van der Waals surface area (Å²) in [6.07, 6.45) is 5.83. The zero-order valence-electron chi connectivity index (χ0n) is 13.8. The number of pyridine rings is 2. The van der Waals surface area contributed by atoms with Crippen LogP contribution >= 0.6 is 0 Å². The molecule has 0 atom stereocenters. The molecule has 1 aliphatic rings. The first-order valence-corrected chi connectivity index (χ1v) is 8.32. The lowest BCUT2D eigenvalue weighted by Crippen LogP contribution is -2.46. The van der Waals surface area contributed by atoms with Gasteiger partial charge in [-0.2, -0.15) is 4.39 Å². The summed E-state index contributed by atoms with van der Waals surface area (Å²) >= 11 is 0. The number of nitrogens with zero attached hydrogens (tertiary/aromatic N) is 2. The van der Waals surface area contributed by atoms with Crippen molar-refractivity contribution in [3.63, 3.8) is 0 Å². The summed E-state index contributed by atoms with van der Waals surface area (Å²) in [5, 5.41) is 5.05. The fourth-order valence-corrected chi connectivity index (χ4v) is 3.12. The second-order valence-electron chi connectivity index (χ2n) is 6.36. The van der Waals surface area contributed by atoms with Crippen LogP contribution in [-0.2, 0) is 6.54 Å². The van der Waals surface area contributed by atoms with Crippen LogP contribution in [0.3, 0.4) is 0 Å². The molecule has 0 saturated heterocycles. The number of benzene rings is 1. The smallest absolute Gasteiger partial charge is 0.249 e. The highest BCUT2D eigenvalue weighted by Gasteiger charge is 2.31. The zero-order chi connectivity index (χ0) is 18.1. The van der Waals surface area contributed by atoms with Crippen molar-refractivity contribution in [1.29, 1.82) is 0 Å². The van der Waals surface area contributed by atoms with Crippen LogP contribution in [0.1, 0.15) is 18.4 Å². The summed E-state index contributed by atoms with van der Waals surface area (Å²) in [6.45, 7) is 0.400. The number of fused-ring (bicyclic) bond motifs is 1. The molecule has 1 aromatic carbocycles. The van der Waals surface area contributed by atoms with Gasteiger partial charge in [-0.15, -0.1) is 0 Å². The Bertz CT molecular complexity index is 944. The Balaban J connectivity index is 1.34. The van der Waals surface area contributed by atoms with Gasteiger partial charge in [-0.3, -0.25) is 4.98 Å². The lowest BCUT2D eigenvalue weighted by atomic mass is 9.89. The Kier molecular flexibility index (Phi) is 4.46. The number of aromatic nitrogens is 2. The predicted octanol–water partition coefficient (Wildman–Crippen LogP) is 3.75. The van der Waals surface area contributed by atoms with Crippen molar-refractivity contribution in [3.05, 3.63) is 66.0 Å². The quantitative estimate of drug-likeness (QED) is 0.705. The van der Waals surface area contributed by atoms with Crippen LogP contribution in [0.2, 0.25) is 0 Å². The van der Waals surface area contributed by atoms with Crippen LogP contribution in [0, 0.1) is 17.6 Å². The van der Waals surface area contributed by atoms with Crippen LogP contribution in [0.4, 0.5) is 13.2 Å². The Morgan fingerprint density at radius 2 is 1.92 bits per heavy atom. The molecule has 2 aromatic heterocycles. The Morgan fingerprint density at radius 1 is 1.08 bits per heavy atom. The first-order chi connectivity index (χ1) is 12.6. The second-order valence-corrected chi connectivity index (χ2v) is 6.36. The number of halogens is 3. The molecule has 3 aromatic rings. The summed E-state index contributed by atoms with van der Waals surface area (Å²) in [4.78, 5) is 7.35. The highest BCUT2D eigenvalue weighted by atomic mass is 19.2. The summed E-state index contributed by atoms with van der Waals surface area (Å²) < 4.78 is 45.7. The second kappa shape index (κ2) is 6.92. The van der Waals surface area contributed by atoms with Crippen molar-refractivity contribution in [1.82, 2.24) is 15.3 Å². The molecular weight excluding hydrogens is 343 g/mol. The molecule has 0 unspecified atom stereocenters. The number of ether oxygens (including phenoxy) is 1. The summed E-state index contributed by atoms with van der Waals surface area (Å²) in [7, 11) is 0. The van der Waals surface area contributed by atoms with Crippen molar-refractivity contribution < 1.29 is 17.9 Å². The van der Waals surface area contributed by atoms with Gasteiger partial charge in [-0.25, -0.2) is 13.8 Å². The zero-order valence-corrected chi connectivity index (χ0v) is 13.8. The molecular formula is C19H16F3N3O. The molecule has 2 heterocycles. The van der Waals surface area contributed by atoms with Crippen molar-refractivity contribution in [2.24, 2.45) is 0 Å². The molecule has 1 fully saturated rings. The lowest BCUT2D eigenvalue weighted by molar-refractivity contribution is 0.0833. The molecule has 0 amide bonds. The standard InChI is InChI=1S/C19H16F3N3O/c20-17-2-1-11-8-23-4-3-15(11)16(17)10-24-12-5-13(6-12)26-14-7-18(21)19(22)25-9-14/h1-4,7-9,12-13,24H,5-6,10H2. The lowest BCUT2D eigenvalue weighted by Gasteiger charge is -2.36. The van der Waals surface area contributed by atoms with Gasteiger partial charge in [0.25, 0.3) is 0 Å². The molecule has 1 aliphatic carbocycles. The topological polar surface area (TPSA) is 47.0 Å². The van der Waals surface area contributed by atoms with E-state index in [4.69, 9.17) is 4.74 Å². The van der Waals surface area contributed by atoms with Crippen molar-refractivity contribution >= 4 is 10.8 Å². The number of hydrogen-bond donors (Lipinski definition) is 1. The van der Waals surface area contributed by atoms with Crippen molar-refractivity contribution in [2.75, 3.05) is 0 Å². The van der Waals surface area contributed by atoms with E-state index in [1.807, 2.05) is 0 Å². The van der Waals surface area contributed by atoms with Crippen molar-refractivity contribution in [2.45, 2.75) is 31.5 Å². The fourth-order valence-electron chi connectivity index (χ4n) is 3.12. The van der Waals surface area contributed by atoms with Gasteiger partial charge in [0, 0.05) is 42.0 Å². The van der Waals surface area contributed by atoms with E-state index in [1.54, 1.807) is 24.5 Å². The van der Waals surface area contributed by atoms with Gasteiger partial charge in [0.2, 0.25) is 5.95 Å². The van der Waals surface area contributed by atoms with E-state index in [1.165, 1.54) is 12.3 Å². The summed E-state index contributed by atoms with van der Waals surface area (Å²) in [5.41, 5.74) is 0.610. The molecule has 7 heteroatoms. The molecule has 26 heavy (non-hydrogen) atoms. The normalized spacial score (nSPS) is 19.3. The maximum atomic E-state index is 14.2. The third-order valence-corrected chi connectivity index (χ3v) is 4.61. The van der Waals surface area contributed by atoms with Crippen LogP contribution in [-0.4, -0.2) is 22.1 Å². The first kappa shape index (κ1) is 16.8. The van der Waals surface area contributed by atoms with Crippen LogP contribution in [0.25, 0.3) is 10.8 Å². The third kappa shape index (κ3) is 3.35. The van der Waals surface area contributed by atoms with E-state index in [0.29, 0.717) is 24.9 Å². The SMILES string of the molecule is Fc1cc(OC2CC(NCc3c(F)ccc4cnccc34)C2)cnc1F. The molecule has 1 N–H and O–H groups in total. The highest BCUT2D eigenvalue weighted by Crippen LogP contribution is 2.27. The van der Waals surface area contributed by atoms with Crippen LogP contribution in [0.5, 0.6) is 5.75 Å². The number of rotatable bonds is 5. The van der Waals surface area contributed by atoms with Gasteiger partial charge in [0.05, 0.1) is 6.20 Å². The van der Waals surface area contributed by atoms with Crippen LogP contribution < -0.4 is 10.1 Å². The van der Waals surface area contributed by atoms with Gasteiger partial charge in [-0.05, 0) is 36.4 Å². The Morgan fingerprint density at radius 3 is 2.73 bits per heavy atom. The molecule has 0 spiro atoms. The molecule has 134 valence electrons. The molecule has 0 aliphatic heterocycles. The maximum Gasteiger partial charge on any atom is 0.249 e. The average Bonchev–Trinajstić information content (AvgIpc) is 2.61. The summed E-state index contributed by atoms with van der Waals surface area (Å²) in [5.74, 6) is -2.22. The van der Waals surface area contributed by atoms with Gasteiger partial charge < -0.3 is 10.1 Å². The Labute approximate surface area is 148 Å². The number of nitrogens with one attached hydrogen (secondary N) is 1.